The van der Waals surface area contributed by atoms with Gasteiger partial charge in [-0.05, 0) is 30.7 Å². The van der Waals surface area contributed by atoms with E-state index in [0.29, 0.717) is 5.56 Å². The van der Waals surface area contributed by atoms with Gasteiger partial charge in [0.05, 0.1) is 11.8 Å². The third-order valence-electron chi connectivity index (χ3n) is 2.66. The summed E-state index contributed by atoms with van der Waals surface area (Å²) in [7, 11) is -2.35. The Labute approximate surface area is 115 Å². The Kier molecular flexibility index (Phi) is 3.45. The highest BCUT2D eigenvalue weighted by Crippen LogP contribution is 2.18. The van der Waals surface area contributed by atoms with Crippen LogP contribution in [0.5, 0.6) is 0 Å². The summed E-state index contributed by atoms with van der Waals surface area (Å²) in [5.74, 6) is -1.06. The molecular weight excluding hydrogens is 284 g/mol. The summed E-state index contributed by atoms with van der Waals surface area (Å²) in [4.78, 5) is 10.9. The zero-order valence-electron chi connectivity index (χ0n) is 10.7. The number of rotatable bonds is 4. The minimum absolute atomic E-state index is 0.0857. The molecule has 1 aromatic carbocycles. The number of nitrogens with zero attached hydrogens (tertiary/aromatic N) is 3. The molecule has 0 spiro atoms. The van der Waals surface area contributed by atoms with Crippen LogP contribution < -0.4 is 4.72 Å². The zero-order valence-corrected chi connectivity index (χ0v) is 11.5. The maximum absolute atomic E-state index is 12.1. The third kappa shape index (κ3) is 2.62. The molecule has 0 aliphatic carbocycles. The second-order valence-corrected chi connectivity index (χ2v) is 5.77. The highest BCUT2D eigenvalue weighted by atomic mass is 32.2. The van der Waals surface area contributed by atoms with E-state index >= 15 is 0 Å². The first-order chi connectivity index (χ1) is 9.31. The number of anilines is 1. The molecule has 0 atom stereocenters. The number of hydrogen-bond acceptors (Lipinski definition) is 5. The molecule has 0 saturated carbocycles. The minimum Gasteiger partial charge on any atom is -0.478 e. The van der Waals surface area contributed by atoms with Gasteiger partial charge >= 0.3 is 5.97 Å². The second kappa shape index (κ2) is 4.93. The largest absolute Gasteiger partial charge is 0.478 e. The summed E-state index contributed by atoms with van der Waals surface area (Å²) in [6.45, 7) is 1.59. The fourth-order valence-electron chi connectivity index (χ4n) is 1.70. The Hall–Kier alpha value is -2.42. The minimum atomic E-state index is -3.81. The lowest BCUT2D eigenvalue weighted by atomic mass is 10.1. The quantitative estimate of drug-likeness (QED) is 0.855. The number of sulfonamides is 1. The van der Waals surface area contributed by atoms with Gasteiger partial charge in [-0.25, -0.2) is 9.48 Å². The molecule has 8 nitrogen and oxygen atoms in total. The monoisotopic (exact) mass is 296 g/mol. The van der Waals surface area contributed by atoms with Crippen LogP contribution in [0.15, 0.2) is 29.4 Å². The van der Waals surface area contributed by atoms with Crippen LogP contribution in [0, 0.1) is 6.92 Å². The molecule has 0 saturated heterocycles. The summed E-state index contributed by atoms with van der Waals surface area (Å²) < 4.78 is 27.6. The number of nitrogens with one attached hydrogen (secondary N) is 1. The van der Waals surface area contributed by atoms with Gasteiger partial charge in [0.25, 0.3) is 10.0 Å². The molecule has 0 fully saturated rings. The molecule has 2 rings (SSSR count). The van der Waals surface area contributed by atoms with Crippen LogP contribution >= 0.6 is 0 Å². The molecule has 1 aromatic heterocycles. The van der Waals surface area contributed by atoms with Crippen LogP contribution in [-0.2, 0) is 17.1 Å². The Balaban J connectivity index is 2.33. The molecule has 0 aliphatic rings. The maximum Gasteiger partial charge on any atom is 0.335 e. The van der Waals surface area contributed by atoms with Crippen LogP contribution in [0.1, 0.15) is 15.9 Å². The van der Waals surface area contributed by atoms with E-state index in [-0.39, 0.29) is 16.3 Å². The van der Waals surface area contributed by atoms with Gasteiger partial charge in [0, 0.05) is 12.7 Å². The predicted molar refractivity (Wildman–Crippen MR) is 69.9 cm³/mol. The van der Waals surface area contributed by atoms with Crippen LogP contribution in [0.3, 0.4) is 0 Å². The van der Waals surface area contributed by atoms with Crippen molar-refractivity contribution in [2.75, 3.05) is 4.72 Å². The summed E-state index contributed by atoms with van der Waals surface area (Å²) >= 11 is 0. The molecule has 106 valence electrons. The summed E-state index contributed by atoms with van der Waals surface area (Å²) in [6.07, 6.45) is 1.13. The normalized spacial score (nSPS) is 11.3. The van der Waals surface area contributed by atoms with Crippen molar-refractivity contribution in [1.82, 2.24) is 15.0 Å². The number of aromatic nitrogens is 3. The van der Waals surface area contributed by atoms with Gasteiger partial charge in [-0.3, -0.25) is 4.72 Å². The smallest absolute Gasteiger partial charge is 0.335 e. The van der Waals surface area contributed by atoms with Gasteiger partial charge in [0.15, 0.2) is 5.03 Å². The number of carboxylic acids is 1. The predicted octanol–water partition coefficient (Wildman–Crippen LogP) is 0.623. The Bertz CT molecular complexity index is 766. The molecule has 2 N–H and O–H groups in total. The van der Waals surface area contributed by atoms with Gasteiger partial charge < -0.3 is 5.11 Å². The van der Waals surface area contributed by atoms with E-state index in [0.717, 1.165) is 10.9 Å². The molecular formula is C11H12N4O4S. The number of carbonyl (C=O) groups is 1. The Morgan fingerprint density at radius 3 is 2.60 bits per heavy atom. The Morgan fingerprint density at radius 2 is 2.10 bits per heavy atom. The van der Waals surface area contributed by atoms with E-state index < -0.39 is 16.0 Å². The van der Waals surface area contributed by atoms with Crippen LogP contribution in [-0.4, -0.2) is 34.5 Å². The molecule has 0 aliphatic heterocycles. The first kappa shape index (κ1) is 14.0. The first-order valence-electron chi connectivity index (χ1n) is 5.53. The Morgan fingerprint density at radius 1 is 1.40 bits per heavy atom. The summed E-state index contributed by atoms with van der Waals surface area (Å²) in [6, 6.07) is 4.18. The molecule has 9 heteroatoms. The first-order valence-corrected chi connectivity index (χ1v) is 7.01. The van der Waals surface area contributed by atoms with Crippen molar-refractivity contribution in [2.45, 2.75) is 11.9 Å². The van der Waals surface area contributed by atoms with Gasteiger partial charge in [-0.1, -0.05) is 5.21 Å². The second-order valence-electron chi connectivity index (χ2n) is 4.14. The molecule has 0 amide bonds. The molecule has 1 heterocycles. The topological polar surface area (TPSA) is 114 Å². The van der Waals surface area contributed by atoms with Crippen molar-refractivity contribution < 1.29 is 18.3 Å². The van der Waals surface area contributed by atoms with Crippen LogP contribution in [0.2, 0.25) is 0 Å². The summed E-state index contributed by atoms with van der Waals surface area (Å²) in [5, 5.41) is 15.9. The van der Waals surface area contributed by atoms with Gasteiger partial charge in [0.2, 0.25) is 0 Å². The van der Waals surface area contributed by atoms with Crippen LogP contribution in [0.25, 0.3) is 0 Å². The molecule has 2 aromatic rings. The SMILES string of the molecule is Cc1cc(NS(=O)(=O)c2cnnn2C)ccc1C(=O)O. The van der Waals surface area contributed by atoms with Crippen molar-refractivity contribution >= 4 is 21.7 Å². The molecule has 0 unspecified atom stereocenters. The van der Waals surface area contributed by atoms with E-state index in [1.54, 1.807) is 6.92 Å². The summed E-state index contributed by atoms with van der Waals surface area (Å²) in [5.41, 5.74) is 0.852. The standard InChI is InChI=1S/C11H12N4O4S/c1-7-5-8(3-4-9(7)11(16)17)13-20(18,19)10-6-12-14-15(10)2/h3-6,13H,1-2H3,(H,16,17). The third-order valence-corrected chi connectivity index (χ3v) is 4.08. The highest BCUT2D eigenvalue weighted by molar-refractivity contribution is 7.92. The number of aromatic carboxylic acids is 1. The van der Waals surface area contributed by atoms with E-state index in [4.69, 9.17) is 5.11 Å². The highest BCUT2D eigenvalue weighted by Gasteiger charge is 2.19. The van der Waals surface area contributed by atoms with Crippen molar-refractivity contribution in [2.24, 2.45) is 7.05 Å². The van der Waals surface area contributed by atoms with Crippen LogP contribution in [0.4, 0.5) is 5.69 Å². The fraction of sp³-hybridized carbons (Fsp3) is 0.182. The lowest BCUT2D eigenvalue weighted by molar-refractivity contribution is 0.0696. The maximum atomic E-state index is 12.1. The number of carboxylic acid groups (broad SMARTS) is 1. The average molecular weight is 296 g/mol. The average Bonchev–Trinajstić information content (AvgIpc) is 2.75. The van der Waals surface area contributed by atoms with Crippen molar-refractivity contribution in [3.8, 4) is 0 Å². The fourth-order valence-corrected chi connectivity index (χ4v) is 2.81. The number of hydrogen-bond donors (Lipinski definition) is 2. The van der Waals surface area contributed by atoms with Crippen molar-refractivity contribution in [1.29, 1.82) is 0 Å². The van der Waals surface area contributed by atoms with E-state index in [9.17, 15) is 13.2 Å². The van der Waals surface area contributed by atoms with E-state index in [1.165, 1.54) is 25.2 Å². The number of benzene rings is 1. The molecule has 0 radical (unpaired) electrons. The van der Waals surface area contributed by atoms with Gasteiger partial charge in [-0.15, -0.1) is 5.10 Å². The van der Waals surface area contributed by atoms with Crippen molar-refractivity contribution in [3.05, 3.63) is 35.5 Å². The lowest BCUT2D eigenvalue weighted by Crippen LogP contribution is -2.17. The van der Waals surface area contributed by atoms with Crippen molar-refractivity contribution in [3.63, 3.8) is 0 Å². The van der Waals surface area contributed by atoms with E-state index in [1.807, 2.05) is 0 Å². The van der Waals surface area contributed by atoms with E-state index in [2.05, 4.69) is 15.0 Å². The number of aryl methyl sites for hydroxylation is 2. The zero-order chi connectivity index (χ0) is 14.9. The van der Waals surface area contributed by atoms with Gasteiger partial charge in [-0.2, -0.15) is 8.42 Å². The van der Waals surface area contributed by atoms with Gasteiger partial charge in [0.1, 0.15) is 0 Å². The molecule has 0 bridgehead atoms. The lowest BCUT2D eigenvalue weighted by Gasteiger charge is -2.09. The molecule has 20 heavy (non-hydrogen) atoms.